The molecular weight excluding hydrogens is 196 g/mol. The second-order valence-electron chi connectivity index (χ2n) is 2.49. The first-order chi connectivity index (χ1) is 5.68. The van der Waals surface area contributed by atoms with E-state index in [2.05, 4.69) is 15.8 Å². The Kier molecular flexibility index (Phi) is 10.2. The Balaban J connectivity index is 0. The maximum atomic E-state index is 10.3. The van der Waals surface area contributed by atoms with Gasteiger partial charge in [0.2, 0.25) is 0 Å². The van der Waals surface area contributed by atoms with Crippen LogP contribution in [0.25, 0.3) is 10.4 Å². The lowest BCUT2D eigenvalue weighted by Crippen LogP contribution is -3.00. The SMILES string of the molecule is [Cl-].[N-]=[N+]=NCCCC[C@@H]([NH3+])C(=O)O. The van der Waals surface area contributed by atoms with Gasteiger partial charge in [0.1, 0.15) is 0 Å². The maximum Gasteiger partial charge on any atom is 0.362 e. The lowest BCUT2D eigenvalue weighted by molar-refractivity contribution is -0.409. The van der Waals surface area contributed by atoms with Gasteiger partial charge in [-0.05, 0) is 18.4 Å². The molecule has 0 saturated carbocycles. The summed E-state index contributed by atoms with van der Waals surface area (Å²) < 4.78 is 0. The minimum atomic E-state index is -0.876. The van der Waals surface area contributed by atoms with E-state index in [0.29, 0.717) is 13.0 Å². The van der Waals surface area contributed by atoms with Crippen molar-refractivity contribution in [3.05, 3.63) is 10.4 Å². The van der Waals surface area contributed by atoms with Crippen LogP contribution in [0.3, 0.4) is 0 Å². The molecule has 0 saturated heterocycles. The van der Waals surface area contributed by atoms with Crippen LogP contribution >= 0.6 is 0 Å². The molecule has 7 heteroatoms. The van der Waals surface area contributed by atoms with E-state index in [1.807, 2.05) is 0 Å². The molecule has 0 fully saturated rings. The van der Waals surface area contributed by atoms with Gasteiger partial charge in [0, 0.05) is 17.9 Å². The summed E-state index contributed by atoms with van der Waals surface area (Å²) >= 11 is 0. The predicted octanol–water partition coefficient (Wildman–Crippen LogP) is -2.83. The predicted molar refractivity (Wildman–Crippen MR) is 42.2 cm³/mol. The smallest absolute Gasteiger partial charge is 0.362 e. The lowest BCUT2D eigenvalue weighted by Gasteiger charge is -2.00. The summed E-state index contributed by atoms with van der Waals surface area (Å²) in [6, 6.07) is -0.545. The molecule has 0 amide bonds. The topological polar surface area (TPSA) is 114 Å². The van der Waals surface area contributed by atoms with Crippen LogP contribution in [0.15, 0.2) is 5.11 Å². The van der Waals surface area contributed by atoms with Crippen molar-refractivity contribution in [3.63, 3.8) is 0 Å². The second kappa shape index (κ2) is 9.12. The van der Waals surface area contributed by atoms with E-state index in [9.17, 15) is 4.79 Å². The largest absolute Gasteiger partial charge is 1.00 e. The highest BCUT2D eigenvalue weighted by Crippen LogP contribution is 1.98. The number of hydrogen-bond acceptors (Lipinski definition) is 2. The molecule has 0 heterocycles. The highest BCUT2D eigenvalue weighted by molar-refractivity contribution is 5.71. The molecule has 0 aliphatic heterocycles. The molecule has 0 unspecified atom stereocenters. The van der Waals surface area contributed by atoms with Crippen molar-refractivity contribution in [1.82, 2.24) is 0 Å². The Labute approximate surface area is 82.1 Å². The zero-order valence-corrected chi connectivity index (χ0v) is 7.94. The number of rotatable bonds is 6. The van der Waals surface area contributed by atoms with Crippen LogP contribution in [0.5, 0.6) is 0 Å². The summed E-state index contributed by atoms with van der Waals surface area (Å²) in [5, 5.41) is 11.8. The third-order valence-electron chi connectivity index (χ3n) is 1.47. The number of hydrogen-bond donors (Lipinski definition) is 2. The molecule has 0 spiro atoms. The fraction of sp³-hybridized carbons (Fsp3) is 0.833. The molecule has 0 aliphatic rings. The number of carboxylic acids is 1. The van der Waals surface area contributed by atoms with E-state index in [-0.39, 0.29) is 12.4 Å². The number of quaternary nitrogens is 1. The van der Waals surface area contributed by atoms with Crippen molar-refractivity contribution in [2.24, 2.45) is 5.11 Å². The zero-order chi connectivity index (χ0) is 9.40. The van der Waals surface area contributed by atoms with Gasteiger partial charge < -0.3 is 23.2 Å². The van der Waals surface area contributed by atoms with Gasteiger partial charge in [-0.1, -0.05) is 5.11 Å². The Hall–Kier alpha value is -0.970. The number of carbonyl (C=O) groups is 1. The van der Waals surface area contributed by atoms with E-state index in [4.69, 9.17) is 10.6 Å². The zero-order valence-electron chi connectivity index (χ0n) is 7.19. The van der Waals surface area contributed by atoms with Gasteiger partial charge in [-0.15, -0.1) is 0 Å². The molecule has 0 radical (unpaired) electrons. The van der Waals surface area contributed by atoms with Gasteiger partial charge in [-0.25, -0.2) is 4.79 Å². The first-order valence-electron chi connectivity index (χ1n) is 3.75. The van der Waals surface area contributed by atoms with Crippen molar-refractivity contribution in [3.8, 4) is 0 Å². The summed E-state index contributed by atoms with van der Waals surface area (Å²) in [6.45, 7) is 0.433. The lowest BCUT2D eigenvalue weighted by atomic mass is 10.1. The minimum Gasteiger partial charge on any atom is -1.00 e. The van der Waals surface area contributed by atoms with Crippen LogP contribution in [0.1, 0.15) is 19.3 Å². The van der Waals surface area contributed by atoms with Crippen molar-refractivity contribution in [2.75, 3.05) is 6.54 Å². The Morgan fingerprint density at radius 2 is 2.23 bits per heavy atom. The molecule has 13 heavy (non-hydrogen) atoms. The maximum absolute atomic E-state index is 10.3. The molecule has 0 rings (SSSR count). The van der Waals surface area contributed by atoms with E-state index >= 15 is 0 Å². The van der Waals surface area contributed by atoms with Crippen LogP contribution < -0.4 is 18.1 Å². The monoisotopic (exact) mass is 208 g/mol. The van der Waals surface area contributed by atoms with E-state index in [1.54, 1.807) is 0 Å². The van der Waals surface area contributed by atoms with Gasteiger partial charge in [-0.2, -0.15) is 0 Å². The van der Waals surface area contributed by atoms with Crippen molar-refractivity contribution in [1.29, 1.82) is 0 Å². The van der Waals surface area contributed by atoms with E-state index < -0.39 is 12.0 Å². The molecule has 0 aliphatic carbocycles. The normalized spacial score (nSPS) is 10.8. The highest BCUT2D eigenvalue weighted by Gasteiger charge is 2.13. The number of aliphatic carboxylic acids is 1. The summed E-state index contributed by atoms with van der Waals surface area (Å²) in [6.07, 6.45) is 2.00. The van der Waals surface area contributed by atoms with Crippen LogP contribution in [0, 0.1) is 0 Å². The van der Waals surface area contributed by atoms with Gasteiger partial charge in [0.15, 0.2) is 6.04 Å². The summed E-state index contributed by atoms with van der Waals surface area (Å²) in [5.41, 5.74) is 11.4. The number of nitrogens with zero attached hydrogens (tertiary/aromatic N) is 3. The highest BCUT2D eigenvalue weighted by atomic mass is 35.5. The fourth-order valence-electron chi connectivity index (χ4n) is 0.741. The molecule has 0 bridgehead atoms. The van der Waals surface area contributed by atoms with Gasteiger partial charge in [0.05, 0.1) is 0 Å². The average Bonchev–Trinajstić information content (AvgIpc) is 2.03. The first-order valence-corrected chi connectivity index (χ1v) is 3.75. The van der Waals surface area contributed by atoms with Gasteiger partial charge in [0.25, 0.3) is 0 Å². The molecule has 0 aromatic heterocycles. The Morgan fingerprint density at radius 3 is 2.69 bits per heavy atom. The molecule has 1 atom stereocenters. The van der Waals surface area contributed by atoms with Crippen LogP contribution in [0.2, 0.25) is 0 Å². The summed E-state index contributed by atoms with van der Waals surface area (Å²) in [5.74, 6) is -0.876. The number of azide groups is 1. The standard InChI is InChI=1S/C6H12N4O2.ClH/c7-5(6(11)12)3-1-2-4-9-10-8;/h5H,1-4,7H2,(H,11,12);1H/t5-;/m1./s1. The van der Waals surface area contributed by atoms with E-state index in [1.165, 1.54) is 0 Å². The van der Waals surface area contributed by atoms with Crippen molar-refractivity contribution in [2.45, 2.75) is 25.3 Å². The van der Waals surface area contributed by atoms with Gasteiger partial charge in [-0.3, -0.25) is 0 Å². The summed E-state index contributed by atoms with van der Waals surface area (Å²) in [7, 11) is 0. The van der Waals surface area contributed by atoms with E-state index in [0.717, 1.165) is 12.8 Å². The van der Waals surface area contributed by atoms with Crippen molar-refractivity contribution < 1.29 is 28.0 Å². The number of unbranched alkanes of at least 4 members (excludes halogenated alkanes) is 1. The first kappa shape index (κ1) is 14.5. The van der Waals surface area contributed by atoms with Crippen LogP contribution in [-0.4, -0.2) is 23.7 Å². The molecule has 76 valence electrons. The second-order valence-corrected chi connectivity index (χ2v) is 2.49. The third kappa shape index (κ3) is 8.94. The molecule has 4 N–H and O–H groups in total. The quantitative estimate of drug-likeness (QED) is 0.212. The average molecular weight is 209 g/mol. The number of carboxylic acid groups (broad SMARTS) is 1. The molecule has 6 nitrogen and oxygen atoms in total. The fourth-order valence-corrected chi connectivity index (χ4v) is 0.741. The van der Waals surface area contributed by atoms with Crippen LogP contribution in [-0.2, 0) is 4.79 Å². The summed E-state index contributed by atoms with van der Waals surface area (Å²) in [4.78, 5) is 12.9. The molecular formula is C6H13ClN4O2. The number of halogens is 1. The molecule has 0 aromatic rings. The van der Waals surface area contributed by atoms with Gasteiger partial charge >= 0.3 is 5.97 Å². The minimum absolute atomic E-state index is 0. The Bertz CT molecular complexity index is 193. The van der Waals surface area contributed by atoms with Crippen LogP contribution in [0.4, 0.5) is 0 Å². The molecule has 0 aromatic carbocycles. The van der Waals surface area contributed by atoms with Crippen molar-refractivity contribution >= 4 is 5.97 Å². The Morgan fingerprint density at radius 1 is 1.62 bits per heavy atom. The third-order valence-corrected chi connectivity index (χ3v) is 1.47.